The van der Waals surface area contributed by atoms with Gasteiger partial charge in [0, 0.05) is 30.6 Å². The van der Waals surface area contributed by atoms with E-state index in [0.717, 1.165) is 64.6 Å². The molecule has 208 valence electrons. The Hall–Kier alpha value is -1.40. The van der Waals surface area contributed by atoms with Crippen LogP contribution in [0.4, 0.5) is 4.39 Å². The highest BCUT2D eigenvalue weighted by Gasteiger charge is 2.56. The van der Waals surface area contributed by atoms with E-state index in [4.69, 9.17) is 11.6 Å². The van der Waals surface area contributed by atoms with E-state index < -0.39 is 6.17 Å². The number of carbonyl (C=O) groups is 1. The van der Waals surface area contributed by atoms with Crippen LogP contribution in [-0.4, -0.2) is 42.7 Å². The smallest absolute Gasteiger partial charge is 0.273 e. The van der Waals surface area contributed by atoms with Gasteiger partial charge in [-0.25, -0.2) is 4.39 Å². The maximum Gasteiger partial charge on any atom is 0.273 e. The first-order chi connectivity index (χ1) is 17.5. The van der Waals surface area contributed by atoms with Crippen LogP contribution >= 0.6 is 11.6 Å². The number of pyridine rings is 1. The summed E-state index contributed by atoms with van der Waals surface area (Å²) in [5, 5.41) is 3.02. The number of H-pyrrole nitrogens is 1. The molecular formula is C30H39Cl3FN3O. The number of halogens is 4. The molecule has 3 heterocycles. The summed E-state index contributed by atoms with van der Waals surface area (Å²) in [7, 11) is 0. The van der Waals surface area contributed by atoms with Gasteiger partial charge in [0.1, 0.15) is 12.1 Å². The number of rotatable bonds is 3. The van der Waals surface area contributed by atoms with Crippen LogP contribution in [0.5, 0.6) is 0 Å². The van der Waals surface area contributed by atoms with Crippen molar-refractivity contribution in [1.82, 2.24) is 4.90 Å². The number of nitrogens with one attached hydrogen (secondary N) is 1. The average molecular weight is 583 g/mol. The summed E-state index contributed by atoms with van der Waals surface area (Å²) in [5.74, 6) is 1.20. The Kier molecular flexibility index (Phi) is 9.66. The fourth-order valence-corrected chi connectivity index (χ4v) is 8.26. The number of amides is 1. The molecule has 2 aliphatic carbocycles. The third kappa shape index (κ3) is 5.46. The Labute approximate surface area is 243 Å². The molecule has 8 heteroatoms. The molecule has 2 aromatic rings. The molecule has 38 heavy (non-hydrogen) atoms. The number of fused-ring (bicyclic) bond motifs is 2. The van der Waals surface area contributed by atoms with Crippen molar-refractivity contribution in [3.63, 3.8) is 0 Å². The van der Waals surface area contributed by atoms with Gasteiger partial charge in [-0.05, 0) is 86.4 Å². The third-order valence-electron chi connectivity index (χ3n) is 9.90. The van der Waals surface area contributed by atoms with Crippen LogP contribution in [0.2, 0.25) is 5.15 Å². The van der Waals surface area contributed by atoms with E-state index in [1.54, 1.807) is 0 Å². The largest absolute Gasteiger partial charge is 1.00 e. The lowest BCUT2D eigenvalue weighted by Gasteiger charge is -2.47. The number of nitrogens with two attached hydrogens (primary N) is 1. The predicted molar refractivity (Wildman–Crippen MR) is 139 cm³/mol. The Morgan fingerprint density at radius 3 is 2.58 bits per heavy atom. The van der Waals surface area contributed by atoms with Gasteiger partial charge in [-0.15, -0.1) is 0 Å². The van der Waals surface area contributed by atoms with Gasteiger partial charge >= 0.3 is 0 Å². The number of carbonyl (C=O) groups excluding carboxylic acids is 1. The van der Waals surface area contributed by atoms with Gasteiger partial charge in [-0.1, -0.05) is 30.3 Å². The quantitative estimate of drug-likeness (QED) is 0.428. The molecule has 4 aliphatic rings. The predicted octanol–water partition coefficient (Wildman–Crippen LogP) is -1.77. The lowest BCUT2D eigenvalue weighted by atomic mass is 9.64. The highest BCUT2D eigenvalue weighted by molar-refractivity contribution is 6.28. The highest BCUT2D eigenvalue weighted by atomic mass is 35.5. The van der Waals surface area contributed by atoms with E-state index in [9.17, 15) is 9.18 Å². The van der Waals surface area contributed by atoms with E-state index in [0.29, 0.717) is 35.7 Å². The van der Waals surface area contributed by atoms with Crippen LogP contribution in [-0.2, 0) is 16.6 Å². The summed E-state index contributed by atoms with van der Waals surface area (Å²) < 4.78 is 14.1. The highest BCUT2D eigenvalue weighted by Crippen LogP contribution is 2.46. The Morgan fingerprint density at radius 1 is 1.05 bits per heavy atom. The number of likely N-dealkylation sites (tertiary alicyclic amines) is 1. The number of piperidine rings is 1. The minimum Gasteiger partial charge on any atom is -1.00 e. The minimum absolute atomic E-state index is 0. The molecule has 2 unspecified atom stereocenters. The zero-order valence-corrected chi connectivity index (χ0v) is 24.1. The molecule has 1 aromatic carbocycles. The first-order valence-electron chi connectivity index (χ1n) is 14.1. The third-order valence-corrected chi connectivity index (χ3v) is 10.1. The average Bonchev–Trinajstić information content (AvgIpc) is 3.32. The molecule has 6 rings (SSSR count). The van der Waals surface area contributed by atoms with Crippen molar-refractivity contribution in [2.45, 2.75) is 81.3 Å². The van der Waals surface area contributed by atoms with Crippen LogP contribution in [0.1, 0.15) is 74.1 Å². The summed E-state index contributed by atoms with van der Waals surface area (Å²) in [5.41, 5.74) is 3.78. The van der Waals surface area contributed by atoms with E-state index in [1.807, 2.05) is 6.07 Å². The van der Waals surface area contributed by atoms with E-state index in [-0.39, 0.29) is 42.2 Å². The van der Waals surface area contributed by atoms with E-state index in [1.165, 1.54) is 16.8 Å². The first kappa shape index (κ1) is 29.6. The Morgan fingerprint density at radius 2 is 1.82 bits per heavy atom. The van der Waals surface area contributed by atoms with Crippen LogP contribution < -0.4 is 35.1 Å². The molecule has 0 bridgehead atoms. The number of nitrogens with zero attached hydrogens (tertiary/aromatic N) is 1. The number of quaternary nitrogens is 1. The number of hydrogen-bond donors (Lipinski definition) is 1. The number of aromatic nitrogens is 1. The second-order valence-corrected chi connectivity index (χ2v) is 12.1. The Balaban J connectivity index is 0.00000168. The van der Waals surface area contributed by atoms with Crippen molar-refractivity contribution < 1.29 is 44.3 Å². The first-order valence-corrected chi connectivity index (χ1v) is 14.5. The standard InChI is InChI=1S/C30H37ClFN3O.2ClH/c31-28-13-12-24-26(34-28)7-4-15-30(24)19-33-18-25(30)29(36)35-16-14-22(20-5-2-1-3-6-20)17-27(35)21-8-10-23(32)11-9-21;;/h1-3,5-6,12-13,21-23,25,27,33H,4,7-11,14-19H2;2*1H/t21?,22?,23?,25?,27-,30-;;/m0../s1. The zero-order chi connectivity index (χ0) is 24.7. The minimum atomic E-state index is -0.673. The maximum absolute atomic E-state index is 14.5. The second-order valence-electron chi connectivity index (χ2n) is 11.7. The molecule has 2 saturated heterocycles. The number of hydrogen-bond acceptors (Lipinski definition) is 1. The molecule has 4 atom stereocenters. The van der Waals surface area contributed by atoms with E-state index >= 15 is 0 Å². The van der Waals surface area contributed by atoms with Crippen LogP contribution in [0, 0.1) is 11.8 Å². The molecular weight excluding hydrogens is 544 g/mol. The van der Waals surface area contributed by atoms with Gasteiger partial charge < -0.3 is 35.0 Å². The van der Waals surface area contributed by atoms with Crippen LogP contribution in [0.15, 0.2) is 42.5 Å². The van der Waals surface area contributed by atoms with Crippen LogP contribution in [0.25, 0.3) is 0 Å². The van der Waals surface area contributed by atoms with Crippen molar-refractivity contribution in [2.24, 2.45) is 11.8 Å². The molecule has 2 aliphatic heterocycles. The topological polar surface area (TPSA) is 51.1 Å². The molecule has 1 saturated carbocycles. The zero-order valence-electron chi connectivity index (χ0n) is 21.9. The van der Waals surface area contributed by atoms with Gasteiger partial charge in [0.25, 0.3) is 5.15 Å². The SMILES string of the molecule is O=C(C1C[NH2+]C[C@]12CCCc1[nH+]c(Cl)ccc12)N1CCC(c2ccccc2)C[C@H]1C1CCC(F)CC1.[Cl-].[Cl-]. The molecule has 0 radical (unpaired) electrons. The maximum atomic E-state index is 14.5. The summed E-state index contributed by atoms with van der Waals surface area (Å²) >= 11 is 6.31. The molecule has 1 spiro atoms. The molecule has 3 fully saturated rings. The van der Waals surface area contributed by atoms with Crippen molar-refractivity contribution in [1.29, 1.82) is 0 Å². The number of aryl methyl sites for hydroxylation is 1. The van der Waals surface area contributed by atoms with Gasteiger partial charge in [-0.3, -0.25) is 4.79 Å². The van der Waals surface area contributed by atoms with Gasteiger partial charge in [-0.2, -0.15) is 4.98 Å². The molecule has 1 aromatic heterocycles. The fourth-order valence-electron chi connectivity index (χ4n) is 8.09. The molecule has 3 N–H and O–H groups in total. The fraction of sp³-hybridized carbons (Fsp3) is 0.600. The van der Waals surface area contributed by atoms with Gasteiger partial charge in [0.2, 0.25) is 5.91 Å². The lowest BCUT2D eigenvalue weighted by Crippen LogP contribution is -3.00. The summed E-state index contributed by atoms with van der Waals surface area (Å²) in [6, 6.07) is 15.1. The summed E-state index contributed by atoms with van der Waals surface area (Å²) in [6.45, 7) is 2.62. The van der Waals surface area contributed by atoms with Crippen LogP contribution in [0.3, 0.4) is 0 Å². The van der Waals surface area contributed by atoms with Gasteiger partial charge in [0.15, 0.2) is 5.69 Å². The summed E-state index contributed by atoms with van der Waals surface area (Å²) in [4.78, 5) is 20.2. The normalized spacial score (nSPS) is 32.7. The second kappa shape index (κ2) is 12.4. The Bertz CT molecular complexity index is 1100. The number of aromatic amines is 1. The van der Waals surface area contributed by atoms with Gasteiger partial charge in [0.05, 0.1) is 18.5 Å². The van der Waals surface area contributed by atoms with Crippen molar-refractivity contribution in [2.75, 3.05) is 19.6 Å². The van der Waals surface area contributed by atoms with Crippen molar-refractivity contribution in [3.8, 4) is 0 Å². The van der Waals surface area contributed by atoms with E-state index in [2.05, 4.69) is 51.6 Å². The molecule has 4 nitrogen and oxygen atoms in total. The lowest BCUT2D eigenvalue weighted by molar-refractivity contribution is -0.640. The number of alkyl halides is 1. The van der Waals surface area contributed by atoms with Crippen molar-refractivity contribution in [3.05, 3.63) is 64.4 Å². The van der Waals surface area contributed by atoms with Crippen molar-refractivity contribution >= 4 is 17.5 Å². The summed E-state index contributed by atoms with van der Waals surface area (Å²) in [6.07, 6.45) is 7.56. The number of benzene rings is 1. The molecule has 1 amide bonds. The monoisotopic (exact) mass is 581 g/mol.